The van der Waals surface area contributed by atoms with Crippen molar-refractivity contribution >= 4 is 21.6 Å². The van der Waals surface area contributed by atoms with Gasteiger partial charge in [-0.2, -0.15) is 0 Å². The Labute approximate surface area is 154 Å². The van der Waals surface area contributed by atoms with Crippen LogP contribution in [0.2, 0.25) is 0 Å². The Morgan fingerprint density at radius 2 is 1.65 bits per heavy atom. The van der Waals surface area contributed by atoms with Crippen LogP contribution in [-0.4, -0.2) is 20.4 Å². The molecule has 0 saturated heterocycles. The summed E-state index contributed by atoms with van der Waals surface area (Å²) in [7, 11) is -3.67. The molecule has 0 radical (unpaired) electrons. The molecule has 0 aromatic heterocycles. The van der Waals surface area contributed by atoms with Crippen molar-refractivity contribution in [2.75, 3.05) is 4.72 Å². The first-order valence-electron chi connectivity index (χ1n) is 8.86. The van der Waals surface area contributed by atoms with Crippen LogP contribution in [0, 0.1) is 13.8 Å². The average molecular weight is 372 g/mol. The number of hydrogen-bond acceptors (Lipinski definition) is 3. The number of nitrogens with one attached hydrogen (secondary N) is 2. The van der Waals surface area contributed by atoms with E-state index in [4.69, 9.17) is 0 Å². The summed E-state index contributed by atoms with van der Waals surface area (Å²) in [6, 6.07) is 12.1. The van der Waals surface area contributed by atoms with E-state index in [-0.39, 0.29) is 16.8 Å². The molecule has 1 saturated carbocycles. The lowest BCUT2D eigenvalue weighted by molar-refractivity contribution is 0.0938. The molecule has 3 rings (SSSR count). The number of amides is 1. The van der Waals surface area contributed by atoms with Gasteiger partial charge in [0.1, 0.15) is 0 Å². The van der Waals surface area contributed by atoms with E-state index in [0.717, 1.165) is 31.2 Å². The summed E-state index contributed by atoms with van der Waals surface area (Å²) in [6.45, 7) is 3.63. The van der Waals surface area contributed by atoms with E-state index in [2.05, 4.69) is 10.0 Å². The van der Waals surface area contributed by atoms with Crippen LogP contribution in [0.15, 0.2) is 47.4 Å². The molecule has 0 unspecified atom stereocenters. The van der Waals surface area contributed by atoms with Crippen molar-refractivity contribution < 1.29 is 13.2 Å². The molecule has 1 aliphatic rings. The largest absolute Gasteiger partial charge is 0.349 e. The molecule has 0 atom stereocenters. The molecular formula is C20H24N2O3S. The first-order chi connectivity index (χ1) is 12.3. The second-order valence-electron chi connectivity index (χ2n) is 6.91. The number of aryl methyl sites for hydroxylation is 2. The van der Waals surface area contributed by atoms with Crippen molar-refractivity contribution in [3.63, 3.8) is 0 Å². The Balaban J connectivity index is 1.72. The van der Waals surface area contributed by atoms with Gasteiger partial charge in [0.2, 0.25) is 0 Å². The van der Waals surface area contributed by atoms with E-state index in [0.29, 0.717) is 16.8 Å². The van der Waals surface area contributed by atoms with Crippen LogP contribution < -0.4 is 10.0 Å². The van der Waals surface area contributed by atoms with E-state index >= 15 is 0 Å². The van der Waals surface area contributed by atoms with Crippen molar-refractivity contribution in [3.8, 4) is 0 Å². The zero-order chi connectivity index (χ0) is 18.7. The number of anilines is 1. The topological polar surface area (TPSA) is 75.3 Å². The monoisotopic (exact) mass is 372 g/mol. The first kappa shape index (κ1) is 18.5. The van der Waals surface area contributed by atoms with E-state index in [1.54, 1.807) is 43.3 Å². The molecular weight excluding hydrogens is 348 g/mol. The summed E-state index contributed by atoms with van der Waals surface area (Å²) in [5, 5.41) is 3.02. The number of carbonyl (C=O) groups excluding carboxylic acids is 1. The molecule has 1 aliphatic carbocycles. The van der Waals surface area contributed by atoms with Crippen molar-refractivity contribution in [2.24, 2.45) is 0 Å². The molecule has 2 aromatic carbocycles. The Morgan fingerprint density at radius 3 is 2.31 bits per heavy atom. The number of benzene rings is 2. The van der Waals surface area contributed by atoms with Gasteiger partial charge in [-0.05, 0) is 68.1 Å². The van der Waals surface area contributed by atoms with Gasteiger partial charge in [-0.15, -0.1) is 0 Å². The maximum absolute atomic E-state index is 12.6. The summed E-state index contributed by atoms with van der Waals surface area (Å²) in [5.41, 5.74) is 2.54. The molecule has 0 spiro atoms. The fourth-order valence-corrected chi connectivity index (χ4v) is 4.62. The zero-order valence-corrected chi connectivity index (χ0v) is 15.9. The fourth-order valence-electron chi connectivity index (χ4n) is 3.24. The highest BCUT2D eigenvalue weighted by atomic mass is 32.2. The minimum atomic E-state index is -3.67. The van der Waals surface area contributed by atoms with E-state index < -0.39 is 10.0 Å². The minimum Gasteiger partial charge on any atom is -0.349 e. The summed E-state index contributed by atoms with van der Waals surface area (Å²) < 4.78 is 27.8. The van der Waals surface area contributed by atoms with Crippen molar-refractivity contribution in [2.45, 2.75) is 50.5 Å². The standard InChI is InChI=1S/C20H24N2O3S/c1-14-7-8-15(2)19(13-14)26(24,25)22-18-11-9-16(10-12-18)20(23)21-17-5-3-4-6-17/h7-13,17,22H,3-6H2,1-2H3,(H,21,23). The average Bonchev–Trinajstić information content (AvgIpc) is 3.10. The molecule has 0 heterocycles. The number of hydrogen-bond donors (Lipinski definition) is 2. The first-order valence-corrected chi connectivity index (χ1v) is 10.3. The van der Waals surface area contributed by atoms with E-state index in [1.165, 1.54) is 0 Å². The van der Waals surface area contributed by atoms with Gasteiger partial charge >= 0.3 is 0 Å². The Bertz CT molecular complexity index is 899. The number of rotatable bonds is 5. The Kier molecular flexibility index (Phi) is 5.32. The van der Waals surface area contributed by atoms with Crippen LogP contribution in [-0.2, 0) is 10.0 Å². The smallest absolute Gasteiger partial charge is 0.262 e. The highest BCUT2D eigenvalue weighted by Gasteiger charge is 2.19. The summed E-state index contributed by atoms with van der Waals surface area (Å²) in [6.07, 6.45) is 4.37. The molecule has 138 valence electrons. The molecule has 6 heteroatoms. The van der Waals surface area contributed by atoms with Crippen LogP contribution in [0.3, 0.4) is 0 Å². The number of sulfonamides is 1. The predicted octanol–water partition coefficient (Wildman–Crippen LogP) is 3.78. The van der Waals surface area contributed by atoms with Crippen LogP contribution >= 0.6 is 0 Å². The molecule has 1 fully saturated rings. The van der Waals surface area contributed by atoms with Crippen molar-refractivity contribution in [1.29, 1.82) is 0 Å². The summed E-state index contributed by atoms with van der Waals surface area (Å²) in [5.74, 6) is -0.110. The van der Waals surface area contributed by atoms with Gasteiger partial charge in [0.05, 0.1) is 4.90 Å². The van der Waals surface area contributed by atoms with Gasteiger partial charge in [-0.25, -0.2) is 8.42 Å². The second-order valence-corrected chi connectivity index (χ2v) is 8.56. The Hall–Kier alpha value is -2.34. The Morgan fingerprint density at radius 1 is 1.00 bits per heavy atom. The molecule has 1 amide bonds. The van der Waals surface area contributed by atoms with Crippen LogP contribution in [0.1, 0.15) is 47.2 Å². The molecule has 26 heavy (non-hydrogen) atoms. The maximum Gasteiger partial charge on any atom is 0.262 e. The van der Waals surface area contributed by atoms with Crippen molar-refractivity contribution in [3.05, 3.63) is 59.2 Å². The van der Waals surface area contributed by atoms with E-state index in [1.807, 2.05) is 13.0 Å². The lowest BCUT2D eigenvalue weighted by Gasteiger charge is -2.13. The summed E-state index contributed by atoms with van der Waals surface area (Å²) in [4.78, 5) is 12.5. The van der Waals surface area contributed by atoms with Gasteiger partial charge in [0.15, 0.2) is 0 Å². The normalized spacial score (nSPS) is 15.0. The molecule has 2 N–H and O–H groups in total. The van der Waals surface area contributed by atoms with E-state index in [9.17, 15) is 13.2 Å². The summed E-state index contributed by atoms with van der Waals surface area (Å²) >= 11 is 0. The third-order valence-electron chi connectivity index (χ3n) is 4.72. The van der Waals surface area contributed by atoms with Crippen LogP contribution in [0.5, 0.6) is 0 Å². The molecule has 0 aliphatic heterocycles. The molecule has 2 aromatic rings. The minimum absolute atomic E-state index is 0.110. The van der Waals surface area contributed by atoms with Gasteiger partial charge in [-0.3, -0.25) is 9.52 Å². The SMILES string of the molecule is Cc1ccc(C)c(S(=O)(=O)Nc2ccc(C(=O)NC3CCCC3)cc2)c1. The van der Waals surface area contributed by atoms with Crippen molar-refractivity contribution in [1.82, 2.24) is 5.32 Å². The molecule has 5 nitrogen and oxygen atoms in total. The third-order valence-corrected chi connectivity index (χ3v) is 6.25. The van der Waals surface area contributed by atoms with Gasteiger partial charge in [-0.1, -0.05) is 25.0 Å². The predicted molar refractivity (Wildman–Crippen MR) is 103 cm³/mol. The quantitative estimate of drug-likeness (QED) is 0.839. The van der Waals surface area contributed by atoms with Gasteiger partial charge in [0.25, 0.3) is 15.9 Å². The second kappa shape index (κ2) is 7.50. The number of carbonyl (C=O) groups is 1. The fraction of sp³-hybridized carbons (Fsp3) is 0.350. The highest BCUT2D eigenvalue weighted by molar-refractivity contribution is 7.92. The maximum atomic E-state index is 12.6. The van der Waals surface area contributed by atoms with Gasteiger partial charge < -0.3 is 5.32 Å². The zero-order valence-electron chi connectivity index (χ0n) is 15.1. The lowest BCUT2D eigenvalue weighted by Crippen LogP contribution is -2.32. The van der Waals surface area contributed by atoms with Crippen LogP contribution in [0.25, 0.3) is 0 Å². The lowest BCUT2D eigenvalue weighted by atomic mass is 10.1. The van der Waals surface area contributed by atoms with Gasteiger partial charge in [0, 0.05) is 17.3 Å². The third kappa shape index (κ3) is 4.25. The highest BCUT2D eigenvalue weighted by Crippen LogP contribution is 2.22. The molecule has 0 bridgehead atoms. The van der Waals surface area contributed by atoms with Crippen LogP contribution in [0.4, 0.5) is 5.69 Å².